The third kappa shape index (κ3) is 4.43. The van der Waals surface area contributed by atoms with Crippen LogP contribution in [0.1, 0.15) is 24.3 Å². The molecule has 0 aromatic heterocycles. The fourth-order valence-electron chi connectivity index (χ4n) is 2.72. The molecule has 1 aliphatic rings. The first-order valence-electron chi connectivity index (χ1n) is 7.45. The van der Waals surface area contributed by atoms with Crippen LogP contribution in [0.2, 0.25) is 0 Å². The second-order valence-corrected chi connectivity index (χ2v) is 5.47. The monoisotopic (exact) mass is 334 g/mol. The van der Waals surface area contributed by atoms with Crippen molar-refractivity contribution >= 4 is 18.1 Å². The van der Waals surface area contributed by atoms with Gasteiger partial charge in [-0.3, -0.25) is 10.1 Å². The molecule has 6 heteroatoms. The minimum atomic E-state index is -0.420. The number of piperidine rings is 1. The average molecular weight is 335 g/mol. The van der Waals surface area contributed by atoms with E-state index in [1.807, 2.05) is 12.1 Å². The van der Waals surface area contributed by atoms with E-state index in [2.05, 4.69) is 17.4 Å². The number of nitro benzene ring substituents is 1. The lowest BCUT2D eigenvalue weighted by Crippen LogP contribution is -2.28. The highest BCUT2D eigenvalue weighted by molar-refractivity contribution is 5.85. The number of nitro groups is 1. The summed E-state index contributed by atoms with van der Waals surface area (Å²) in [5, 5.41) is 14.0. The number of nitrogens with zero attached hydrogens (tertiary/aromatic N) is 1. The smallest absolute Gasteiger partial charge is 0.269 e. The first-order chi connectivity index (χ1) is 10.7. The maximum Gasteiger partial charge on any atom is 0.269 e. The number of benzene rings is 2. The molecule has 1 aliphatic heterocycles. The molecular weight excluding hydrogens is 316 g/mol. The molecule has 23 heavy (non-hydrogen) atoms. The molecule has 1 heterocycles. The molecule has 0 radical (unpaired) electrons. The molecule has 0 bridgehead atoms. The van der Waals surface area contributed by atoms with Crippen LogP contribution in [0.15, 0.2) is 48.5 Å². The van der Waals surface area contributed by atoms with Crippen LogP contribution in [0.4, 0.5) is 5.69 Å². The maximum atomic E-state index is 10.6. The largest absolute Gasteiger partial charge is 0.457 e. The van der Waals surface area contributed by atoms with E-state index >= 15 is 0 Å². The molecule has 122 valence electrons. The highest BCUT2D eigenvalue weighted by Crippen LogP contribution is 2.28. The van der Waals surface area contributed by atoms with Gasteiger partial charge in [0.05, 0.1) is 4.92 Å². The lowest BCUT2D eigenvalue weighted by Gasteiger charge is -2.23. The van der Waals surface area contributed by atoms with Crippen molar-refractivity contribution in [2.45, 2.75) is 18.8 Å². The van der Waals surface area contributed by atoms with Crippen molar-refractivity contribution < 1.29 is 9.66 Å². The fraction of sp³-hybridized carbons (Fsp3) is 0.294. The molecule has 1 fully saturated rings. The number of rotatable bonds is 4. The number of non-ortho nitro benzene ring substituents is 1. The van der Waals surface area contributed by atoms with E-state index in [1.54, 1.807) is 12.1 Å². The minimum absolute atomic E-state index is 0. The van der Waals surface area contributed by atoms with Crippen molar-refractivity contribution in [1.82, 2.24) is 5.32 Å². The first-order valence-corrected chi connectivity index (χ1v) is 7.45. The molecule has 0 aliphatic carbocycles. The molecule has 0 amide bonds. The van der Waals surface area contributed by atoms with Crippen molar-refractivity contribution in [1.29, 1.82) is 0 Å². The molecular formula is C17H19ClN2O3. The van der Waals surface area contributed by atoms with E-state index in [0.717, 1.165) is 18.8 Å². The lowest BCUT2D eigenvalue weighted by atomic mass is 9.92. The molecule has 3 rings (SSSR count). The minimum Gasteiger partial charge on any atom is -0.457 e. The molecule has 2 aromatic rings. The molecule has 1 N–H and O–H groups in total. The van der Waals surface area contributed by atoms with E-state index < -0.39 is 4.92 Å². The van der Waals surface area contributed by atoms with Gasteiger partial charge in [-0.05, 0) is 55.1 Å². The Morgan fingerprint density at radius 1 is 1.04 bits per heavy atom. The van der Waals surface area contributed by atoms with Crippen LogP contribution in [-0.4, -0.2) is 18.0 Å². The van der Waals surface area contributed by atoms with Gasteiger partial charge in [0.2, 0.25) is 0 Å². The normalized spacial score (nSPS) is 17.1. The average Bonchev–Trinajstić information content (AvgIpc) is 2.57. The van der Waals surface area contributed by atoms with Gasteiger partial charge in [-0.1, -0.05) is 12.1 Å². The Hall–Kier alpha value is -2.11. The second kappa shape index (κ2) is 7.94. The van der Waals surface area contributed by atoms with Crippen LogP contribution >= 0.6 is 12.4 Å². The summed E-state index contributed by atoms with van der Waals surface area (Å²) in [5.74, 6) is 1.90. The SMILES string of the molecule is Cl.O=[N+]([O-])c1ccc(Oc2ccc(C3CCCNC3)cc2)cc1. The highest BCUT2D eigenvalue weighted by Gasteiger charge is 2.14. The molecule has 0 spiro atoms. The zero-order valence-electron chi connectivity index (χ0n) is 12.6. The van der Waals surface area contributed by atoms with Crippen LogP contribution < -0.4 is 10.1 Å². The van der Waals surface area contributed by atoms with E-state index in [9.17, 15) is 10.1 Å². The summed E-state index contributed by atoms with van der Waals surface area (Å²) in [7, 11) is 0. The number of halogens is 1. The summed E-state index contributed by atoms with van der Waals surface area (Å²) in [6.07, 6.45) is 2.43. The third-order valence-electron chi connectivity index (χ3n) is 3.93. The molecule has 1 unspecified atom stereocenters. The third-order valence-corrected chi connectivity index (χ3v) is 3.93. The zero-order valence-corrected chi connectivity index (χ0v) is 13.4. The summed E-state index contributed by atoms with van der Waals surface area (Å²) in [4.78, 5) is 10.2. The van der Waals surface area contributed by atoms with Gasteiger partial charge in [0.1, 0.15) is 11.5 Å². The van der Waals surface area contributed by atoms with Gasteiger partial charge in [0, 0.05) is 18.7 Å². The Bertz CT molecular complexity index is 638. The Morgan fingerprint density at radius 3 is 2.17 bits per heavy atom. The summed E-state index contributed by atoms with van der Waals surface area (Å²) >= 11 is 0. The van der Waals surface area contributed by atoms with Crippen molar-refractivity contribution in [3.8, 4) is 11.5 Å². The van der Waals surface area contributed by atoms with E-state index in [-0.39, 0.29) is 18.1 Å². The second-order valence-electron chi connectivity index (χ2n) is 5.47. The van der Waals surface area contributed by atoms with E-state index in [4.69, 9.17) is 4.74 Å². The van der Waals surface area contributed by atoms with Crippen LogP contribution in [0.5, 0.6) is 11.5 Å². The Labute approximate surface area is 141 Å². The summed E-state index contributed by atoms with van der Waals surface area (Å²) in [5.41, 5.74) is 1.38. The van der Waals surface area contributed by atoms with Crippen molar-refractivity contribution in [3.05, 3.63) is 64.2 Å². The Morgan fingerprint density at radius 2 is 1.65 bits per heavy atom. The molecule has 2 aromatic carbocycles. The van der Waals surface area contributed by atoms with Gasteiger partial charge in [-0.2, -0.15) is 0 Å². The van der Waals surface area contributed by atoms with E-state index in [1.165, 1.54) is 30.5 Å². The van der Waals surface area contributed by atoms with Crippen LogP contribution in [0.25, 0.3) is 0 Å². The Kier molecular flexibility index (Phi) is 5.96. The van der Waals surface area contributed by atoms with Crippen molar-refractivity contribution in [2.75, 3.05) is 13.1 Å². The number of hydrogen-bond acceptors (Lipinski definition) is 4. The molecule has 0 saturated carbocycles. The summed E-state index contributed by atoms with van der Waals surface area (Å²) in [6.45, 7) is 2.14. The summed E-state index contributed by atoms with van der Waals surface area (Å²) in [6, 6.07) is 14.2. The number of hydrogen-bond donors (Lipinski definition) is 1. The standard InChI is InChI=1S/C17H18N2O3.ClH/c20-19(21)15-5-9-17(10-6-15)22-16-7-3-13(4-8-16)14-2-1-11-18-12-14;/h3-10,14,18H,1-2,11-12H2;1H. The van der Waals surface area contributed by atoms with Gasteiger partial charge in [0.15, 0.2) is 0 Å². The van der Waals surface area contributed by atoms with Gasteiger partial charge in [-0.25, -0.2) is 0 Å². The van der Waals surface area contributed by atoms with Crippen LogP contribution in [0, 0.1) is 10.1 Å². The highest BCUT2D eigenvalue weighted by atomic mass is 35.5. The number of ether oxygens (including phenoxy) is 1. The van der Waals surface area contributed by atoms with Crippen molar-refractivity contribution in [2.24, 2.45) is 0 Å². The molecule has 5 nitrogen and oxygen atoms in total. The predicted octanol–water partition coefficient (Wildman–Crippen LogP) is 4.28. The van der Waals surface area contributed by atoms with Gasteiger partial charge < -0.3 is 10.1 Å². The maximum absolute atomic E-state index is 10.6. The lowest BCUT2D eigenvalue weighted by molar-refractivity contribution is -0.384. The quantitative estimate of drug-likeness (QED) is 0.669. The van der Waals surface area contributed by atoms with Gasteiger partial charge in [-0.15, -0.1) is 12.4 Å². The Balaban J connectivity index is 0.00000192. The van der Waals surface area contributed by atoms with Crippen LogP contribution in [-0.2, 0) is 0 Å². The predicted molar refractivity (Wildman–Crippen MR) is 91.7 cm³/mol. The van der Waals surface area contributed by atoms with Gasteiger partial charge >= 0.3 is 0 Å². The number of nitrogens with one attached hydrogen (secondary N) is 1. The molecule has 1 atom stereocenters. The summed E-state index contributed by atoms with van der Waals surface area (Å²) < 4.78 is 5.72. The van der Waals surface area contributed by atoms with Gasteiger partial charge in [0.25, 0.3) is 5.69 Å². The van der Waals surface area contributed by atoms with Crippen molar-refractivity contribution in [3.63, 3.8) is 0 Å². The fourth-order valence-corrected chi connectivity index (χ4v) is 2.72. The molecule has 1 saturated heterocycles. The zero-order chi connectivity index (χ0) is 15.4. The van der Waals surface area contributed by atoms with Crippen LogP contribution in [0.3, 0.4) is 0 Å². The topological polar surface area (TPSA) is 64.4 Å². The van der Waals surface area contributed by atoms with E-state index in [0.29, 0.717) is 11.7 Å². The first kappa shape index (κ1) is 17.2.